The number of aromatic hydroxyl groups is 1. The van der Waals surface area contributed by atoms with E-state index in [4.69, 9.17) is 5.73 Å². The van der Waals surface area contributed by atoms with Gasteiger partial charge in [-0.05, 0) is 48.2 Å². The molecule has 4 rings (SSSR count). The van der Waals surface area contributed by atoms with Crippen molar-refractivity contribution in [3.8, 4) is 5.75 Å². The summed E-state index contributed by atoms with van der Waals surface area (Å²) in [7, 11) is -4.21. The molecule has 0 atom stereocenters. The third-order valence-corrected chi connectivity index (χ3v) is 6.82. The van der Waals surface area contributed by atoms with E-state index in [0.29, 0.717) is 28.9 Å². The van der Waals surface area contributed by atoms with Crippen molar-refractivity contribution in [2.24, 2.45) is 16.0 Å². The Bertz CT molecular complexity index is 1530. The van der Waals surface area contributed by atoms with Gasteiger partial charge in [0, 0.05) is 18.0 Å². The monoisotopic (exact) mass is 480 g/mol. The second-order valence-electron chi connectivity index (χ2n) is 8.41. The fraction of sp³-hybridized carbons (Fsp3) is 0.208. The number of nitrogens with zero attached hydrogens (tertiary/aromatic N) is 2. The predicted octanol–water partition coefficient (Wildman–Crippen LogP) is 2.81. The first-order valence-corrected chi connectivity index (χ1v) is 12.1. The van der Waals surface area contributed by atoms with E-state index in [1.807, 2.05) is 13.8 Å². The van der Waals surface area contributed by atoms with Gasteiger partial charge in [-0.2, -0.15) is 8.42 Å². The molecule has 1 aromatic heterocycles. The fourth-order valence-electron chi connectivity index (χ4n) is 3.78. The molecule has 176 valence electrons. The molecule has 1 aliphatic heterocycles. The third-order valence-electron chi connectivity index (χ3n) is 5.50. The Balaban J connectivity index is 1.88. The summed E-state index contributed by atoms with van der Waals surface area (Å²) in [5.74, 6) is -0.926. The molecule has 0 radical (unpaired) electrons. The second-order valence-corrected chi connectivity index (χ2v) is 9.98. The van der Waals surface area contributed by atoms with Gasteiger partial charge in [0.05, 0.1) is 11.2 Å². The number of nitrogens with one attached hydrogen (secondary N) is 1. The first kappa shape index (κ1) is 23.2. The van der Waals surface area contributed by atoms with Gasteiger partial charge in [0.25, 0.3) is 15.6 Å². The molecular weight excluding hydrogens is 456 g/mol. The van der Waals surface area contributed by atoms with Gasteiger partial charge in [-0.15, -0.1) is 4.40 Å². The second kappa shape index (κ2) is 8.79. The number of primary amides is 1. The molecular formula is C24H24N4O5S. The lowest BCUT2D eigenvalue weighted by Crippen LogP contribution is -2.33. The number of carbonyl (C=O) groups excluding carboxylic acids is 1. The molecule has 9 nitrogen and oxygen atoms in total. The zero-order valence-corrected chi connectivity index (χ0v) is 19.5. The SMILES string of the molecule is CC(C)CCn1c(=O)c(C2=NS(=O)(=O)c3cc(/C=C/C(N)=O)ccc3N2)c(O)c2ccccc21. The van der Waals surface area contributed by atoms with E-state index in [2.05, 4.69) is 9.71 Å². The lowest BCUT2D eigenvalue weighted by molar-refractivity contribution is -0.113. The molecule has 0 aliphatic carbocycles. The van der Waals surface area contributed by atoms with Crippen LogP contribution in [0.2, 0.25) is 0 Å². The van der Waals surface area contributed by atoms with Crippen LogP contribution in [0.15, 0.2) is 62.6 Å². The third kappa shape index (κ3) is 4.32. The number of amidine groups is 1. The molecule has 1 aliphatic rings. The standard InChI is InChI=1S/C24H24N4O5S/c1-14(2)11-12-28-18-6-4-3-5-16(18)22(30)21(24(28)31)23-26-17-9-7-15(8-10-20(25)29)13-19(17)34(32,33)27-23/h3-10,13-14,30H,11-12H2,1-2H3,(H2,25,29)(H,26,27)/b10-8+. The summed E-state index contributed by atoms with van der Waals surface area (Å²) in [6, 6.07) is 11.3. The van der Waals surface area contributed by atoms with Gasteiger partial charge in [-0.25, -0.2) is 0 Å². The van der Waals surface area contributed by atoms with Gasteiger partial charge in [0.15, 0.2) is 5.84 Å². The molecule has 1 amide bonds. The van der Waals surface area contributed by atoms with Crippen LogP contribution in [0.5, 0.6) is 5.75 Å². The maximum atomic E-state index is 13.5. The number of para-hydroxylation sites is 1. The molecule has 0 saturated carbocycles. The minimum Gasteiger partial charge on any atom is -0.506 e. The molecule has 3 aromatic rings. The van der Waals surface area contributed by atoms with Gasteiger partial charge in [-0.1, -0.05) is 32.0 Å². The summed E-state index contributed by atoms with van der Waals surface area (Å²) in [5, 5.41) is 14.3. The average molecular weight is 481 g/mol. The quantitative estimate of drug-likeness (QED) is 0.463. The van der Waals surface area contributed by atoms with Crippen molar-refractivity contribution < 1.29 is 18.3 Å². The molecule has 0 spiro atoms. The molecule has 0 fully saturated rings. The number of fused-ring (bicyclic) bond motifs is 2. The molecule has 34 heavy (non-hydrogen) atoms. The maximum Gasteiger partial charge on any atom is 0.286 e. The van der Waals surface area contributed by atoms with Crippen molar-refractivity contribution in [3.05, 3.63) is 70.0 Å². The minimum atomic E-state index is -4.21. The highest BCUT2D eigenvalue weighted by molar-refractivity contribution is 7.90. The number of carbonyl (C=O) groups is 1. The summed E-state index contributed by atoms with van der Waals surface area (Å²) < 4.78 is 31.4. The summed E-state index contributed by atoms with van der Waals surface area (Å²) in [6.07, 6.45) is 3.22. The van der Waals surface area contributed by atoms with Crippen LogP contribution in [0.25, 0.3) is 17.0 Å². The number of aromatic nitrogens is 1. The van der Waals surface area contributed by atoms with Crippen LogP contribution in [0.3, 0.4) is 0 Å². The smallest absolute Gasteiger partial charge is 0.286 e. The van der Waals surface area contributed by atoms with Crippen molar-refractivity contribution in [1.82, 2.24) is 4.57 Å². The van der Waals surface area contributed by atoms with Crippen LogP contribution >= 0.6 is 0 Å². The van der Waals surface area contributed by atoms with E-state index < -0.39 is 21.5 Å². The Labute approximate surface area is 196 Å². The van der Waals surface area contributed by atoms with E-state index in [-0.39, 0.29) is 27.7 Å². The summed E-state index contributed by atoms with van der Waals surface area (Å²) in [5.41, 5.74) is 5.53. The number of hydrogen-bond acceptors (Lipinski definition) is 6. The van der Waals surface area contributed by atoms with Crippen molar-refractivity contribution in [2.75, 3.05) is 5.32 Å². The topological polar surface area (TPSA) is 144 Å². The van der Waals surface area contributed by atoms with Gasteiger partial charge < -0.3 is 20.7 Å². The normalized spacial score (nSPS) is 14.7. The predicted molar refractivity (Wildman–Crippen MR) is 131 cm³/mol. The first-order chi connectivity index (χ1) is 16.1. The molecule has 4 N–H and O–H groups in total. The van der Waals surface area contributed by atoms with Crippen LogP contribution in [0, 0.1) is 5.92 Å². The number of amides is 1. The summed E-state index contributed by atoms with van der Waals surface area (Å²) in [6.45, 7) is 4.48. The van der Waals surface area contributed by atoms with Crippen LogP contribution in [-0.4, -0.2) is 29.8 Å². The fourth-order valence-corrected chi connectivity index (χ4v) is 4.94. The molecule has 2 heterocycles. The first-order valence-electron chi connectivity index (χ1n) is 10.7. The van der Waals surface area contributed by atoms with Crippen molar-refractivity contribution in [2.45, 2.75) is 31.7 Å². The Morgan fingerprint density at radius 3 is 2.68 bits per heavy atom. The molecule has 0 unspecified atom stereocenters. The Kier molecular flexibility index (Phi) is 6.01. The van der Waals surface area contributed by atoms with Gasteiger partial charge in [0.2, 0.25) is 5.91 Å². The number of sulfonamides is 1. The van der Waals surface area contributed by atoms with E-state index in [0.717, 1.165) is 12.5 Å². The van der Waals surface area contributed by atoms with Crippen molar-refractivity contribution in [1.29, 1.82) is 0 Å². The number of nitrogens with two attached hydrogens (primary N) is 1. The van der Waals surface area contributed by atoms with Gasteiger partial charge >= 0.3 is 0 Å². The summed E-state index contributed by atoms with van der Waals surface area (Å²) in [4.78, 5) is 24.3. The zero-order valence-electron chi connectivity index (χ0n) is 18.6. The Morgan fingerprint density at radius 2 is 1.97 bits per heavy atom. The molecule has 0 saturated heterocycles. The lowest BCUT2D eigenvalue weighted by Gasteiger charge is -2.21. The number of benzene rings is 2. The van der Waals surface area contributed by atoms with Gasteiger partial charge in [0.1, 0.15) is 16.2 Å². The lowest BCUT2D eigenvalue weighted by atomic mass is 10.1. The highest BCUT2D eigenvalue weighted by Gasteiger charge is 2.30. The number of aryl methyl sites for hydroxylation is 1. The number of rotatable bonds is 6. The average Bonchev–Trinajstić information content (AvgIpc) is 2.77. The molecule has 2 aromatic carbocycles. The summed E-state index contributed by atoms with van der Waals surface area (Å²) >= 11 is 0. The highest BCUT2D eigenvalue weighted by Crippen LogP contribution is 2.33. The Morgan fingerprint density at radius 1 is 1.24 bits per heavy atom. The van der Waals surface area contributed by atoms with E-state index in [9.17, 15) is 23.1 Å². The van der Waals surface area contributed by atoms with Gasteiger partial charge in [-0.3, -0.25) is 9.59 Å². The van der Waals surface area contributed by atoms with Crippen LogP contribution in [0.4, 0.5) is 5.69 Å². The largest absolute Gasteiger partial charge is 0.506 e. The maximum absolute atomic E-state index is 13.5. The van der Waals surface area contributed by atoms with E-state index in [1.165, 1.54) is 22.8 Å². The molecule has 10 heteroatoms. The number of anilines is 1. The van der Waals surface area contributed by atoms with E-state index >= 15 is 0 Å². The highest BCUT2D eigenvalue weighted by atomic mass is 32.2. The van der Waals surface area contributed by atoms with Crippen molar-refractivity contribution in [3.63, 3.8) is 0 Å². The van der Waals surface area contributed by atoms with E-state index in [1.54, 1.807) is 30.3 Å². The number of pyridine rings is 1. The zero-order chi connectivity index (χ0) is 24.6. The molecule has 0 bridgehead atoms. The van der Waals surface area contributed by atoms with Crippen LogP contribution in [-0.2, 0) is 21.4 Å². The number of hydrogen-bond donors (Lipinski definition) is 3. The van der Waals surface area contributed by atoms with Crippen molar-refractivity contribution >= 4 is 44.4 Å². The van der Waals surface area contributed by atoms with Crippen LogP contribution in [0.1, 0.15) is 31.4 Å². The van der Waals surface area contributed by atoms with Crippen LogP contribution < -0.4 is 16.6 Å². The Hall–Kier alpha value is -3.92. The minimum absolute atomic E-state index is 0.122.